The highest BCUT2D eigenvalue weighted by molar-refractivity contribution is 5.67. The zero-order valence-electron chi connectivity index (χ0n) is 20.4. The maximum absolute atomic E-state index is 10.7. The fraction of sp³-hybridized carbons (Fsp3) is 0.909. The highest BCUT2D eigenvalue weighted by Crippen LogP contribution is 2.20. The Labute approximate surface area is 206 Å². The predicted octanol–water partition coefficient (Wildman–Crippen LogP) is -0.444. The standard InChI is InChI=1S/C22H42O13/c23-5-6-29-7-8-30-9-10-31-11-12-32-13-14-33-15-16-34-17-18-35-19-22(28,3-1-20(24)25)4-2-21(26)27/h23,28H,1-19H2,(H,24,25)(H,26,27). The van der Waals surface area contributed by atoms with Crippen LogP contribution in [0, 0.1) is 0 Å². The van der Waals surface area contributed by atoms with Gasteiger partial charge in [-0.15, -0.1) is 0 Å². The summed E-state index contributed by atoms with van der Waals surface area (Å²) in [6, 6.07) is 0. The van der Waals surface area contributed by atoms with Crippen LogP contribution in [-0.2, 0) is 42.7 Å². The molecule has 35 heavy (non-hydrogen) atoms. The van der Waals surface area contributed by atoms with Crippen molar-refractivity contribution < 1.29 is 63.2 Å². The largest absolute Gasteiger partial charge is 0.481 e. The van der Waals surface area contributed by atoms with Crippen LogP contribution < -0.4 is 0 Å². The smallest absolute Gasteiger partial charge is 0.303 e. The van der Waals surface area contributed by atoms with Gasteiger partial charge in [0.15, 0.2) is 0 Å². The van der Waals surface area contributed by atoms with Crippen LogP contribution >= 0.6 is 0 Å². The van der Waals surface area contributed by atoms with Gasteiger partial charge in [0.05, 0.1) is 105 Å². The van der Waals surface area contributed by atoms with Crippen LogP contribution in [0.25, 0.3) is 0 Å². The van der Waals surface area contributed by atoms with Gasteiger partial charge >= 0.3 is 11.9 Å². The van der Waals surface area contributed by atoms with E-state index < -0.39 is 17.5 Å². The highest BCUT2D eigenvalue weighted by atomic mass is 16.6. The first-order valence-electron chi connectivity index (χ1n) is 11.7. The van der Waals surface area contributed by atoms with Crippen molar-refractivity contribution in [3.63, 3.8) is 0 Å². The van der Waals surface area contributed by atoms with Crippen molar-refractivity contribution >= 4 is 11.9 Å². The Bertz CT molecular complexity index is 486. The molecule has 0 aromatic rings. The summed E-state index contributed by atoms with van der Waals surface area (Å²) in [5.41, 5.74) is -1.50. The number of hydrogen-bond donors (Lipinski definition) is 4. The molecule has 13 nitrogen and oxygen atoms in total. The van der Waals surface area contributed by atoms with Crippen molar-refractivity contribution in [2.45, 2.75) is 31.3 Å². The van der Waals surface area contributed by atoms with Crippen LogP contribution in [0.1, 0.15) is 25.7 Å². The van der Waals surface area contributed by atoms with E-state index in [-0.39, 0.29) is 52.1 Å². The van der Waals surface area contributed by atoms with Gasteiger partial charge in [0.1, 0.15) is 0 Å². The second kappa shape index (κ2) is 24.3. The number of carboxylic acids is 2. The van der Waals surface area contributed by atoms with Gasteiger partial charge < -0.3 is 53.6 Å². The molecule has 0 fully saturated rings. The molecule has 0 aromatic heterocycles. The third kappa shape index (κ3) is 25.5. The van der Waals surface area contributed by atoms with Crippen molar-refractivity contribution in [3.8, 4) is 0 Å². The minimum atomic E-state index is -1.50. The van der Waals surface area contributed by atoms with Crippen molar-refractivity contribution in [2.24, 2.45) is 0 Å². The topological polar surface area (TPSA) is 180 Å². The van der Waals surface area contributed by atoms with Gasteiger partial charge in [-0.25, -0.2) is 0 Å². The Morgan fingerprint density at radius 3 is 1.09 bits per heavy atom. The van der Waals surface area contributed by atoms with Crippen LogP contribution in [0.2, 0.25) is 0 Å². The van der Waals surface area contributed by atoms with Gasteiger partial charge in [-0.1, -0.05) is 0 Å². The first-order valence-corrected chi connectivity index (χ1v) is 11.7. The molecule has 0 bridgehead atoms. The second-order valence-corrected chi connectivity index (χ2v) is 7.46. The van der Waals surface area contributed by atoms with E-state index in [2.05, 4.69) is 0 Å². The Hall–Kier alpha value is -1.42. The fourth-order valence-corrected chi connectivity index (χ4v) is 2.59. The van der Waals surface area contributed by atoms with E-state index >= 15 is 0 Å². The minimum absolute atomic E-state index is 0.00378. The van der Waals surface area contributed by atoms with Crippen molar-refractivity contribution in [1.82, 2.24) is 0 Å². The summed E-state index contributed by atoms with van der Waals surface area (Å²) in [5, 5.41) is 36.5. The molecule has 0 radical (unpaired) electrons. The number of ether oxygens (including phenoxy) is 7. The van der Waals surface area contributed by atoms with Crippen molar-refractivity contribution in [1.29, 1.82) is 0 Å². The zero-order chi connectivity index (χ0) is 26.0. The number of aliphatic hydroxyl groups is 2. The Morgan fingerprint density at radius 1 is 0.514 bits per heavy atom. The summed E-state index contributed by atoms with van der Waals surface area (Å²) in [6.45, 7) is 4.87. The molecule has 0 aliphatic heterocycles. The molecule has 0 aliphatic rings. The summed E-state index contributed by atoms with van der Waals surface area (Å²) in [4.78, 5) is 21.4. The predicted molar refractivity (Wildman–Crippen MR) is 122 cm³/mol. The summed E-state index contributed by atoms with van der Waals surface area (Å²) < 4.78 is 37.1. The molecule has 0 rings (SSSR count). The molecule has 4 N–H and O–H groups in total. The molecule has 0 aromatic carbocycles. The monoisotopic (exact) mass is 514 g/mol. The molecule has 0 saturated carbocycles. The molecule has 0 heterocycles. The summed E-state index contributed by atoms with van der Waals surface area (Å²) >= 11 is 0. The first-order chi connectivity index (χ1) is 16.9. The molecule has 13 heteroatoms. The van der Waals surface area contributed by atoms with Crippen LogP contribution in [-0.4, -0.2) is 137 Å². The van der Waals surface area contributed by atoms with Gasteiger partial charge in [-0.3, -0.25) is 9.59 Å². The third-order valence-electron chi connectivity index (χ3n) is 4.45. The Kier molecular flexibility index (Phi) is 23.3. The lowest BCUT2D eigenvalue weighted by Crippen LogP contribution is -2.36. The molecule has 0 spiro atoms. The lowest BCUT2D eigenvalue weighted by Gasteiger charge is -2.27. The van der Waals surface area contributed by atoms with E-state index in [9.17, 15) is 14.7 Å². The van der Waals surface area contributed by atoms with E-state index in [4.69, 9.17) is 48.5 Å². The molecular weight excluding hydrogens is 472 g/mol. The number of aliphatic hydroxyl groups excluding tert-OH is 1. The molecule has 0 atom stereocenters. The van der Waals surface area contributed by atoms with Crippen LogP contribution in [0.4, 0.5) is 0 Å². The molecule has 0 saturated heterocycles. The maximum Gasteiger partial charge on any atom is 0.303 e. The summed E-state index contributed by atoms with van der Waals surface area (Å²) in [6.07, 6.45) is -0.726. The van der Waals surface area contributed by atoms with Crippen LogP contribution in [0.15, 0.2) is 0 Å². The number of rotatable bonds is 28. The Morgan fingerprint density at radius 2 is 0.800 bits per heavy atom. The fourth-order valence-electron chi connectivity index (χ4n) is 2.59. The van der Waals surface area contributed by atoms with Crippen LogP contribution in [0.5, 0.6) is 0 Å². The van der Waals surface area contributed by atoms with Gasteiger partial charge in [0.25, 0.3) is 0 Å². The zero-order valence-corrected chi connectivity index (χ0v) is 20.4. The van der Waals surface area contributed by atoms with Gasteiger partial charge in [-0.05, 0) is 12.8 Å². The van der Waals surface area contributed by atoms with E-state index in [1.54, 1.807) is 0 Å². The molecule has 0 amide bonds. The highest BCUT2D eigenvalue weighted by Gasteiger charge is 2.28. The molecular formula is C22H42O13. The van der Waals surface area contributed by atoms with Gasteiger partial charge in [-0.2, -0.15) is 0 Å². The Balaban J connectivity index is 3.44. The lowest BCUT2D eigenvalue weighted by atomic mass is 9.93. The van der Waals surface area contributed by atoms with E-state index in [0.29, 0.717) is 72.7 Å². The third-order valence-corrected chi connectivity index (χ3v) is 4.45. The first kappa shape index (κ1) is 33.6. The normalized spacial score (nSPS) is 11.7. The maximum atomic E-state index is 10.7. The van der Waals surface area contributed by atoms with E-state index in [1.807, 2.05) is 0 Å². The lowest BCUT2D eigenvalue weighted by molar-refractivity contribution is -0.141. The average Bonchev–Trinajstić information content (AvgIpc) is 2.82. The number of carboxylic acid groups (broad SMARTS) is 2. The average molecular weight is 515 g/mol. The molecule has 0 unspecified atom stereocenters. The van der Waals surface area contributed by atoms with Gasteiger partial charge in [0.2, 0.25) is 0 Å². The number of carbonyl (C=O) groups is 2. The second-order valence-electron chi connectivity index (χ2n) is 7.46. The number of hydrogen-bond acceptors (Lipinski definition) is 11. The van der Waals surface area contributed by atoms with Crippen LogP contribution in [0.3, 0.4) is 0 Å². The quantitative estimate of drug-likeness (QED) is 0.0988. The van der Waals surface area contributed by atoms with Crippen molar-refractivity contribution in [3.05, 3.63) is 0 Å². The van der Waals surface area contributed by atoms with E-state index in [0.717, 1.165) is 0 Å². The van der Waals surface area contributed by atoms with E-state index in [1.165, 1.54) is 0 Å². The number of aliphatic carboxylic acids is 2. The van der Waals surface area contributed by atoms with Crippen molar-refractivity contribution in [2.75, 3.05) is 99.1 Å². The molecule has 208 valence electrons. The summed E-state index contributed by atoms with van der Waals surface area (Å²) in [7, 11) is 0. The van der Waals surface area contributed by atoms with Gasteiger partial charge in [0, 0.05) is 12.8 Å². The SMILES string of the molecule is O=C(O)CCC(O)(CCC(=O)O)COCCOCCOCCOCCOCCOCCOCCO. The minimum Gasteiger partial charge on any atom is -0.481 e. The molecule has 0 aliphatic carbocycles. The summed E-state index contributed by atoms with van der Waals surface area (Å²) in [5.74, 6) is -2.14.